The fraction of sp³-hybridized carbons (Fsp3) is 0.400. The van der Waals surface area contributed by atoms with E-state index in [1.54, 1.807) is 12.1 Å². The summed E-state index contributed by atoms with van der Waals surface area (Å²) in [6.45, 7) is 1.74. The molecule has 0 unspecified atom stereocenters. The van der Waals surface area contributed by atoms with Gasteiger partial charge in [0.2, 0.25) is 21.8 Å². The number of sulfonamides is 1. The van der Waals surface area contributed by atoms with Crippen molar-refractivity contribution in [3.8, 4) is 5.88 Å². The van der Waals surface area contributed by atoms with Crippen molar-refractivity contribution in [3.63, 3.8) is 0 Å². The molecule has 2 rings (SSSR count). The molecule has 0 aliphatic carbocycles. The Morgan fingerprint density at radius 3 is 2.62 bits per heavy atom. The summed E-state index contributed by atoms with van der Waals surface area (Å²) in [5.74, 6) is -0.104. The van der Waals surface area contributed by atoms with Crippen LogP contribution in [0.3, 0.4) is 0 Å². The van der Waals surface area contributed by atoms with Crippen molar-refractivity contribution < 1.29 is 22.7 Å². The molecule has 0 atom stereocenters. The molecule has 1 aliphatic rings. The standard InChI is InChI=1S/C15H19ClN4O5S/c1-11(21)19-15(22)17-6-9-26(23,24)20-7-4-13(5-8-20)25-14-3-2-12(16)10-18-14/h2-3,6,9-10,13H,4-5,7-8H2,1H3,(H2,17,19,21,22)/b9-6+. The predicted molar refractivity (Wildman–Crippen MR) is 94.9 cm³/mol. The van der Waals surface area contributed by atoms with Gasteiger partial charge in [0.25, 0.3) is 0 Å². The second kappa shape index (κ2) is 8.97. The molecule has 142 valence electrons. The van der Waals surface area contributed by atoms with Crippen molar-refractivity contribution in [2.45, 2.75) is 25.9 Å². The second-order valence-electron chi connectivity index (χ2n) is 5.53. The van der Waals surface area contributed by atoms with E-state index < -0.39 is 22.0 Å². The van der Waals surface area contributed by atoms with E-state index in [2.05, 4.69) is 10.3 Å². The SMILES string of the molecule is CC(=O)NC(=O)N/C=C/S(=O)(=O)N1CCC(Oc2ccc(Cl)cn2)CC1. The van der Waals surface area contributed by atoms with Gasteiger partial charge in [0, 0.05) is 38.5 Å². The van der Waals surface area contributed by atoms with E-state index in [0.29, 0.717) is 23.7 Å². The quantitative estimate of drug-likeness (QED) is 0.764. The topological polar surface area (TPSA) is 118 Å². The third-order valence-corrected chi connectivity index (χ3v) is 5.28. The monoisotopic (exact) mass is 402 g/mol. The van der Waals surface area contributed by atoms with Gasteiger partial charge in [-0.15, -0.1) is 0 Å². The predicted octanol–water partition coefficient (Wildman–Crippen LogP) is 1.22. The number of rotatable bonds is 5. The van der Waals surface area contributed by atoms with Crippen molar-refractivity contribution >= 4 is 33.6 Å². The maximum atomic E-state index is 12.2. The van der Waals surface area contributed by atoms with Crippen molar-refractivity contribution in [2.75, 3.05) is 13.1 Å². The van der Waals surface area contributed by atoms with Crippen LogP contribution in [-0.2, 0) is 14.8 Å². The van der Waals surface area contributed by atoms with E-state index in [1.165, 1.54) is 17.4 Å². The number of imide groups is 1. The molecule has 0 saturated carbocycles. The van der Waals surface area contributed by atoms with Crippen molar-refractivity contribution in [2.24, 2.45) is 0 Å². The highest BCUT2D eigenvalue weighted by Crippen LogP contribution is 2.20. The number of urea groups is 1. The summed E-state index contributed by atoms with van der Waals surface area (Å²) >= 11 is 5.76. The lowest BCUT2D eigenvalue weighted by molar-refractivity contribution is -0.117. The van der Waals surface area contributed by atoms with Crippen LogP contribution in [0.5, 0.6) is 5.88 Å². The number of hydrogen-bond acceptors (Lipinski definition) is 6. The zero-order chi connectivity index (χ0) is 19.2. The molecule has 0 aromatic carbocycles. The fourth-order valence-electron chi connectivity index (χ4n) is 2.28. The van der Waals surface area contributed by atoms with Crippen LogP contribution in [0.4, 0.5) is 4.79 Å². The van der Waals surface area contributed by atoms with Crippen LogP contribution in [0.1, 0.15) is 19.8 Å². The molecule has 0 spiro atoms. The van der Waals surface area contributed by atoms with Crippen LogP contribution in [0.2, 0.25) is 5.02 Å². The lowest BCUT2D eigenvalue weighted by Crippen LogP contribution is -2.41. The van der Waals surface area contributed by atoms with E-state index in [4.69, 9.17) is 16.3 Å². The third kappa shape index (κ3) is 6.28. The first-order chi connectivity index (χ1) is 12.3. The zero-order valence-electron chi connectivity index (χ0n) is 14.0. The van der Waals surface area contributed by atoms with E-state index in [-0.39, 0.29) is 19.2 Å². The van der Waals surface area contributed by atoms with Gasteiger partial charge >= 0.3 is 6.03 Å². The van der Waals surface area contributed by atoms with Crippen LogP contribution in [0, 0.1) is 0 Å². The Hall–Kier alpha value is -2.17. The Labute approximate surface area is 156 Å². The molecule has 2 N–H and O–H groups in total. The molecule has 0 bridgehead atoms. The number of carbonyl (C=O) groups is 2. The van der Waals surface area contributed by atoms with E-state index in [0.717, 1.165) is 11.6 Å². The Morgan fingerprint density at radius 2 is 2.04 bits per heavy atom. The Balaban J connectivity index is 1.82. The highest BCUT2D eigenvalue weighted by Gasteiger charge is 2.27. The molecule has 0 radical (unpaired) electrons. The maximum Gasteiger partial charge on any atom is 0.325 e. The largest absolute Gasteiger partial charge is 0.474 e. The van der Waals surface area contributed by atoms with Crippen molar-refractivity contribution in [1.82, 2.24) is 19.9 Å². The summed E-state index contributed by atoms with van der Waals surface area (Å²) in [5, 5.41) is 5.51. The number of carbonyl (C=O) groups excluding carboxylic acids is 2. The van der Waals surface area contributed by atoms with Crippen LogP contribution in [-0.4, -0.2) is 48.8 Å². The molecular formula is C15H19ClN4O5S. The Bertz CT molecular complexity index is 774. The average Bonchev–Trinajstić information content (AvgIpc) is 2.56. The van der Waals surface area contributed by atoms with E-state index in [9.17, 15) is 18.0 Å². The number of aromatic nitrogens is 1. The van der Waals surface area contributed by atoms with Gasteiger partial charge in [-0.25, -0.2) is 18.2 Å². The number of piperidine rings is 1. The molecule has 11 heteroatoms. The first kappa shape index (κ1) is 20.1. The molecule has 1 saturated heterocycles. The van der Waals surface area contributed by atoms with Crippen LogP contribution < -0.4 is 15.4 Å². The summed E-state index contributed by atoms with van der Waals surface area (Å²) in [6.07, 6.45) is 3.34. The number of amides is 3. The van der Waals surface area contributed by atoms with Crippen LogP contribution in [0.25, 0.3) is 0 Å². The zero-order valence-corrected chi connectivity index (χ0v) is 15.6. The van der Waals surface area contributed by atoms with Gasteiger partial charge in [0.1, 0.15) is 6.10 Å². The summed E-state index contributed by atoms with van der Waals surface area (Å²) in [4.78, 5) is 26.0. The number of pyridine rings is 1. The first-order valence-corrected chi connectivity index (χ1v) is 9.67. The van der Waals surface area contributed by atoms with Crippen LogP contribution in [0.15, 0.2) is 29.9 Å². The minimum atomic E-state index is -3.67. The summed E-state index contributed by atoms with van der Waals surface area (Å²) in [6, 6.07) is 2.53. The highest BCUT2D eigenvalue weighted by molar-refractivity contribution is 7.92. The Kier molecular flexibility index (Phi) is 6.95. The molecule has 1 fully saturated rings. The van der Waals surface area contributed by atoms with Gasteiger partial charge in [-0.2, -0.15) is 4.31 Å². The third-order valence-electron chi connectivity index (χ3n) is 3.49. The minimum Gasteiger partial charge on any atom is -0.474 e. The minimum absolute atomic E-state index is 0.140. The summed E-state index contributed by atoms with van der Waals surface area (Å²) in [7, 11) is -3.67. The molecule has 1 aliphatic heterocycles. The molecule has 1 aromatic rings. The number of nitrogens with zero attached hydrogens (tertiary/aromatic N) is 2. The van der Waals surface area contributed by atoms with Gasteiger partial charge in [0.05, 0.1) is 10.4 Å². The number of halogens is 1. The lowest BCUT2D eigenvalue weighted by Gasteiger charge is -2.30. The lowest BCUT2D eigenvalue weighted by atomic mass is 10.1. The van der Waals surface area contributed by atoms with Gasteiger partial charge in [-0.1, -0.05) is 11.6 Å². The number of ether oxygens (including phenoxy) is 1. The maximum absolute atomic E-state index is 12.2. The molecular weight excluding hydrogens is 384 g/mol. The number of hydrogen-bond donors (Lipinski definition) is 2. The van der Waals surface area contributed by atoms with Gasteiger partial charge in [-0.05, 0) is 18.9 Å². The normalized spacial score (nSPS) is 16.4. The molecule has 9 nitrogen and oxygen atoms in total. The smallest absolute Gasteiger partial charge is 0.325 e. The molecule has 2 heterocycles. The summed E-state index contributed by atoms with van der Waals surface area (Å²) in [5.41, 5.74) is 0. The van der Waals surface area contributed by atoms with Gasteiger partial charge in [-0.3, -0.25) is 10.1 Å². The van der Waals surface area contributed by atoms with Gasteiger partial charge in [0.15, 0.2) is 0 Å². The average molecular weight is 403 g/mol. The van der Waals surface area contributed by atoms with Gasteiger partial charge < -0.3 is 10.1 Å². The first-order valence-electron chi connectivity index (χ1n) is 7.79. The second-order valence-corrected chi connectivity index (χ2v) is 7.79. The summed E-state index contributed by atoms with van der Waals surface area (Å²) < 4.78 is 31.5. The van der Waals surface area contributed by atoms with Crippen molar-refractivity contribution in [1.29, 1.82) is 0 Å². The molecule has 26 heavy (non-hydrogen) atoms. The van der Waals surface area contributed by atoms with Crippen molar-refractivity contribution in [3.05, 3.63) is 35.0 Å². The van der Waals surface area contributed by atoms with E-state index in [1.807, 2.05) is 5.32 Å². The Morgan fingerprint density at radius 1 is 1.35 bits per heavy atom. The van der Waals surface area contributed by atoms with Crippen LogP contribution >= 0.6 is 11.6 Å². The molecule has 1 aromatic heterocycles. The number of nitrogens with one attached hydrogen (secondary N) is 2. The molecule has 3 amide bonds. The fourth-order valence-corrected chi connectivity index (χ4v) is 3.53. The highest BCUT2D eigenvalue weighted by atomic mass is 35.5. The van der Waals surface area contributed by atoms with E-state index >= 15 is 0 Å².